The van der Waals surface area contributed by atoms with Gasteiger partial charge in [0.05, 0.1) is 0 Å². The van der Waals surface area contributed by atoms with E-state index in [2.05, 4.69) is 40.2 Å². The van der Waals surface area contributed by atoms with Crippen LogP contribution in [-0.4, -0.2) is 11.5 Å². The van der Waals surface area contributed by atoms with E-state index in [-0.39, 0.29) is 0 Å². The van der Waals surface area contributed by atoms with Crippen LogP contribution in [0.2, 0.25) is 0 Å². The lowest BCUT2D eigenvalue weighted by Crippen LogP contribution is -2.02. The molecule has 0 spiro atoms. The van der Waals surface area contributed by atoms with Gasteiger partial charge in [0.25, 0.3) is 0 Å². The van der Waals surface area contributed by atoms with Crippen LogP contribution < -0.4 is 0 Å². The minimum atomic E-state index is 0.295. The molecule has 1 aromatic carbocycles. The number of halogens is 1. The summed E-state index contributed by atoms with van der Waals surface area (Å²) in [5, 5.41) is 0. The number of ketones is 1. The van der Waals surface area contributed by atoms with E-state index in [1.54, 1.807) is 0 Å². The minimum absolute atomic E-state index is 0.295. The number of benzene rings is 1. The van der Waals surface area contributed by atoms with E-state index in [4.69, 9.17) is 0 Å². The van der Waals surface area contributed by atoms with Crippen LogP contribution in [0.5, 0.6) is 0 Å². The number of allylic oxidation sites excluding steroid dienone is 4. The van der Waals surface area contributed by atoms with Crippen LogP contribution in [0.1, 0.15) is 18.4 Å². The molecule has 0 heterocycles. The first-order valence-electron chi connectivity index (χ1n) is 5.97. The molecule has 0 saturated carbocycles. The minimum Gasteiger partial charge on any atom is -0.295 e. The van der Waals surface area contributed by atoms with E-state index in [1.165, 1.54) is 5.56 Å². The molecule has 94 valence electrons. The van der Waals surface area contributed by atoms with Gasteiger partial charge in [0.2, 0.25) is 0 Å². The summed E-state index contributed by atoms with van der Waals surface area (Å²) in [5.41, 5.74) is 2.26. The van der Waals surface area contributed by atoms with Gasteiger partial charge in [-0.2, -0.15) is 11.8 Å². The Morgan fingerprint density at radius 2 is 2.06 bits per heavy atom. The first-order valence-corrected chi connectivity index (χ1v) is 7.91. The third-order valence-electron chi connectivity index (χ3n) is 2.78. The summed E-state index contributed by atoms with van der Waals surface area (Å²) in [7, 11) is 0. The van der Waals surface area contributed by atoms with Crippen molar-refractivity contribution in [2.24, 2.45) is 0 Å². The van der Waals surface area contributed by atoms with Crippen LogP contribution >= 0.6 is 27.7 Å². The second-order valence-electron chi connectivity index (χ2n) is 4.18. The highest BCUT2D eigenvalue weighted by Gasteiger charge is 2.09. The molecule has 1 aromatic rings. The van der Waals surface area contributed by atoms with Crippen LogP contribution in [0.25, 0.3) is 0 Å². The van der Waals surface area contributed by atoms with Crippen molar-refractivity contribution in [1.82, 2.24) is 0 Å². The lowest BCUT2D eigenvalue weighted by Gasteiger charge is -2.03. The van der Waals surface area contributed by atoms with Crippen molar-refractivity contribution in [1.29, 1.82) is 0 Å². The predicted molar refractivity (Wildman–Crippen MR) is 81.8 cm³/mol. The number of hydrogen-bond acceptors (Lipinski definition) is 2. The molecular formula is C15H15BrOS. The Morgan fingerprint density at radius 1 is 1.28 bits per heavy atom. The summed E-state index contributed by atoms with van der Waals surface area (Å²) in [5.74, 6) is 2.16. The largest absolute Gasteiger partial charge is 0.295 e. The van der Waals surface area contributed by atoms with Crippen LogP contribution in [0, 0.1) is 0 Å². The molecule has 0 fully saturated rings. The molecule has 0 unspecified atom stereocenters. The normalized spacial score (nSPS) is 13.7. The highest BCUT2D eigenvalue weighted by molar-refractivity contribution is 9.10. The van der Waals surface area contributed by atoms with Crippen molar-refractivity contribution < 1.29 is 4.79 Å². The molecule has 0 amide bonds. The summed E-state index contributed by atoms with van der Waals surface area (Å²) >= 11 is 5.24. The van der Waals surface area contributed by atoms with Crippen molar-refractivity contribution in [2.45, 2.75) is 18.6 Å². The van der Waals surface area contributed by atoms with Gasteiger partial charge < -0.3 is 0 Å². The second kappa shape index (κ2) is 6.95. The highest BCUT2D eigenvalue weighted by Crippen LogP contribution is 2.18. The van der Waals surface area contributed by atoms with Gasteiger partial charge in [0.15, 0.2) is 5.78 Å². The zero-order chi connectivity index (χ0) is 12.8. The molecule has 0 N–H and O–H groups in total. The van der Waals surface area contributed by atoms with E-state index >= 15 is 0 Å². The molecule has 0 aromatic heterocycles. The van der Waals surface area contributed by atoms with E-state index in [0.29, 0.717) is 12.2 Å². The van der Waals surface area contributed by atoms with Crippen molar-refractivity contribution in [3.63, 3.8) is 0 Å². The Labute approximate surface area is 120 Å². The van der Waals surface area contributed by atoms with Crippen molar-refractivity contribution in [3.05, 3.63) is 58.1 Å². The number of hydrogen-bond donors (Lipinski definition) is 0. The fraction of sp³-hybridized carbons (Fsp3) is 0.267. The SMILES string of the molecule is O=C(CCSCc1ccc(Br)cc1)C1=CC=CC1. The van der Waals surface area contributed by atoms with Crippen molar-refractivity contribution >= 4 is 33.5 Å². The lowest BCUT2D eigenvalue weighted by atomic mass is 10.1. The smallest absolute Gasteiger partial charge is 0.159 e. The first kappa shape index (κ1) is 13.6. The number of rotatable bonds is 6. The molecule has 18 heavy (non-hydrogen) atoms. The number of carbonyl (C=O) groups excluding carboxylic acids is 1. The molecule has 0 bridgehead atoms. The lowest BCUT2D eigenvalue weighted by molar-refractivity contribution is -0.115. The zero-order valence-electron chi connectivity index (χ0n) is 10.1. The second-order valence-corrected chi connectivity index (χ2v) is 6.20. The van der Waals surface area contributed by atoms with Gasteiger partial charge in [-0.15, -0.1) is 0 Å². The summed E-state index contributed by atoms with van der Waals surface area (Å²) in [6.07, 6.45) is 7.39. The van der Waals surface area contributed by atoms with E-state index < -0.39 is 0 Å². The summed E-state index contributed by atoms with van der Waals surface area (Å²) < 4.78 is 1.10. The standard InChI is InChI=1S/C15H15BrOS/c16-14-7-5-12(6-8-14)11-18-10-9-15(17)13-3-1-2-4-13/h1-3,5-8H,4,9-11H2. The monoisotopic (exact) mass is 322 g/mol. The molecule has 0 atom stereocenters. The maximum Gasteiger partial charge on any atom is 0.159 e. The highest BCUT2D eigenvalue weighted by atomic mass is 79.9. The molecule has 0 radical (unpaired) electrons. The van der Waals surface area contributed by atoms with Gasteiger partial charge in [0, 0.05) is 22.4 Å². The number of carbonyl (C=O) groups is 1. The van der Waals surface area contributed by atoms with Crippen LogP contribution in [0.4, 0.5) is 0 Å². The average Bonchev–Trinajstić information content (AvgIpc) is 2.90. The third-order valence-corrected chi connectivity index (χ3v) is 4.34. The topological polar surface area (TPSA) is 17.1 Å². The van der Waals surface area contributed by atoms with Crippen LogP contribution in [0.15, 0.2) is 52.5 Å². The fourth-order valence-corrected chi connectivity index (χ4v) is 2.92. The Kier molecular flexibility index (Phi) is 5.26. The molecule has 1 aliphatic carbocycles. The van der Waals surface area contributed by atoms with E-state index in [1.807, 2.05) is 30.0 Å². The molecule has 0 saturated heterocycles. The van der Waals surface area contributed by atoms with E-state index in [9.17, 15) is 4.79 Å². The Bertz CT molecular complexity index is 474. The van der Waals surface area contributed by atoms with Crippen molar-refractivity contribution in [2.75, 3.05) is 5.75 Å². The van der Waals surface area contributed by atoms with Gasteiger partial charge in [0.1, 0.15) is 0 Å². The van der Waals surface area contributed by atoms with Gasteiger partial charge in [-0.05, 0) is 29.7 Å². The summed E-state index contributed by atoms with van der Waals surface area (Å²) in [4.78, 5) is 11.8. The Morgan fingerprint density at radius 3 is 2.72 bits per heavy atom. The van der Waals surface area contributed by atoms with Gasteiger partial charge >= 0.3 is 0 Å². The van der Waals surface area contributed by atoms with Gasteiger partial charge in [-0.25, -0.2) is 0 Å². The van der Waals surface area contributed by atoms with Gasteiger partial charge in [-0.1, -0.05) is 46.3 Å². The average molecular weight is 323 g/mol. The first-order chi connectivity index (χ1) is 8.75. The maximum absolute atomic E-state index is 11.8. The quantitative estimate of drug-likeness (QED) is 0.716. The predicted octanol–water partition coefficient (Wildman–Crippen LogP) is 4.53. The molecule has 0 aliphatic heterocycles. The number of thioether (sulfide) groups is 1. The summed E-state index contributed by atoms with van der Waals surface area (Å²) in [6, 6.07) is 8.33. The van der Waals surface area contributed by atoms with E-state index in [0.717, 1.165) is 28.0 Å². The Balaban J connectivity index is 1.67. The molecule has 3 heteroatoms. The van der Waals surface area contributed by atoms with Crippen molar-refractivity contribution in [3.8, 4) is 0 Å². The molecule has 1 aliphatic rings. The van der Waals surface area contributed by atoms with Crippen LogP contribution in [0.3, 0.4) is 0 Å². The summed E-state index contributed by atoms with van der Waals surface area (Å²) in [6.45, 7) is 0. The fourth-order valence-electron chi connectivity index (χ4n) is 1.75. The maximum atomic E-state index is 11.8. The molecular weight excluding hydrogens is 308 g/mol. The molecule has 1 nitrogen and oxygen atoms in total. The molecule has 2 rings (SSSR count). The number of Topliss-reactive ketones (excluding diaryl/α,β-unsaturated/α-hetero) is 1. The zero-order valence-corrected chi connectivity index (χ0v) is 12.5. The third kappa shape index (κ3) is 4.14. The Hall–Kier alpha value is -0.800. The van der Waals surface area contributed by atoms with Gasteiger partial charge in [-0.3, -0.25) is 4.79 Å². The van der Waals surface area contributed by atoms with Crippen LogP contribution in [-0.2, 0) is 10.5 Å².